The monoisotopic (exact) mass is 254 g/mol. The molecule has 0 aliphatic heterocycles. The molecule has 1 amide bonds. The highest BCUT2D eigenvalue weighted by atomic mass is 19.1. The molecule has 1 aromatic rings. The van der Waals surface area contributed by atoms with E-state index in [0.717, 1.165) is 31.4 Å². The summed E-state index contributed by atoms with van der Waals surface area (Å²) in [5, 5.41) is 2.32. The van der Waals surface area contributed by atoms with Gasteiger partial charge in [-0.15, -0.1) is 0 Å². The summed E-state index contributed by atoms with van der Waals surface area (Å²) in [4.78, 5) is 11.9. The molecule has 18 heavy (non-hydrogen) atoms. The van der Waals surface area contributed by atoms with Gasteiger partial charge in [0.2, 0.25) is 5.91 Å². The van der Waals surface area contributed by atoms with Crippen LogP contribution < -0.4 is 11.1 Å². The number of anilines is 1. The van der Waals surface area contributed by atoms with Crippen LogP contribution in [0.2, 0.25) is 0 Å². The third kappa shape index (κ3) is 2.85. The van der Waals surface area contributed by atoms with E-state index in [1.54, 1.807) is 0 Å². The fourth-order valence-electron chi connectivity index (χ4n) is 2.31. The third-order valence-electron chi connectivity index (χ3n) is 3.30. The van der Waals surface area contributed by atoms with Crippen LogP contribution >= 0.6 is 0 Å². The van der Waals surface area contributed by atoms with Crippen LogP contribution in [0.15, 0.2) is 18.2 Å². The highest BCUT2D eigenvalue weighted by molar-refractivity contribution is 5.92. The minimum absolute atomic E-state index is 0.0000303. The fraction of sp³-hybridized carbons (Fsp3) is 0.462. The van der Waals surface area contributed by atoms with E-state index in [-0.39, 0.29) is 23.6 Å². The Morgan fingerprint density at radius 1 is 1.28 bits per heavy atom. The maximum Gasteiger partial charge on any atom is 0.227 e. The standard InChI is InChI=1S/C13H16F2N2O/c14-10-5-2-6-11(15)12(10)17-13(18)8-3-1-4-9(16)7-8/h2,5-6,8-9H,1,3-4,7,16H2,(H,17,18). The number of hydrogen-bond donors (Lipinski definition) is 2. The van der Waals surface area contributed by atoms with Gasteiger partial charge in [-0.25, -0.2) is 8.78 Å². The lowest BCUT2D eigenvalue weighted by Crippen LogP contribution is -2.34. The molecule has 0 heterocycles. The molecule has 2 atom stereocenters. The minimum Gasteiger partial charge on any atom is -0.328 e. The topological polar surface area (TPSA) is 55.1 Å². The third-order valence-corrected chi connectivity index (χ3v) is 3.30. The molecule has 3 N–H and O–H groups in total. The molecule has 0 spiro atoms. The van der Waals surface area contributed by atoms with E-state index >= 15 is 0 Å². The Hall–Kier alpha value is -1.49. The van der Waals surface area contributed by atoms with Gasteiger partial charge in [-0.3, -0.25) is 4.79 Å². The molecular weight excluding hydrogens is 238 g/mol. The second-order valence-electron chi connectivity index (χ2n) is 4.71. The van der Waals surface area contributed by atoms with E-state index in [2.05, 4.69) is 5.32 Å². The van der Waals surface area contributed by atoms with E-state index in [9.17, 15) is 13.6 Å². The zero-order valence-corrected chi connectivity index (χ0v) is 9.96. The van der Waals surface area contributed by atoms with Crippen LogP contribution in [0.1, 0.15) is 25.7 Å². The van der Waals surface area contributed by atoms with Crippen molar-refractivity contribution in [3.8, 4) is 0 Å². The smallest absolute Gasteiger partial charge is 0.227 e. The molecule has 2 unspecified atom stereocenters. The molecule has 2 rings (SSSR count). The van der Waals surface area contributed by atoms with Gasteiger partial charge in [0.25, 0.3) is 0 Å². The molecule has 0 aromatic heterocycles. The predicted octanol–water partition coefficient (Wildman–Crippen LogP) is 2.42. The highest BCUT2D eigenvalue weighted by Crippen LogP contribution is 2.26. The number of nitrogens with one attached hydrogen (secondary N) is 1. The van der Waals surface area contributed by atoms with E-state index in [0.29, 0.717) is 6.42 Å². The summed E-state index contributed by atoms with van der Waals surface area (Å²) in [6.45, 7) is 0. The van der Waals surface area contributed by atoms with Crippen molar-refractivity contribution in [2.75, 3.05) is 5.32 Å². The number of benzene rings is 1. The Morgan fingerprint density at radius 3 is 2.56 bits per heavy atom. The number of para-hydroxylation sites is 1. The van der Waals surface area contributed by atoms with Crippen molar-refractivity contribution >= 4 is 11.6 Å². The summed E-state index contributed by atoms with van der Waals surface area (Å²) in [6.07, 6.45) is 3.06. The van der Waals surface area contributed by atoms with Crippen molar-refractivity contribution in [3.05, 3.63) is 29.8 Å². The maximum absolute atomic E-state index is 13.4. The number of amides is 1. The van der Waals surface area contributed by atoms with Gasteiger partial charge in [0, 0.05) is 12.0 Å². The van der Waals surface area contributed by atoms with Crippen molar-refractivity contribution in [1.29, 1.82) is 0 Å². The molecule has 98 valence electrons. The van der Waals surface area contributed by atoms with Gasteiger partial charge in [-0.2, -0.15) is 0 Å². The number of halogens is 2. The maximum atomic E-state index is 13.4. The van der Waals surface area contributed by atoms with Crippen molar-refractivity contribution in [2.24, 2.45) is 11.7 Å². The normalized spacial score (nSPS) is 23.7. The lowest BCUT2D eigenvalue weighted by molar-refractivity contribution is -0.120. The fourth-order valence-corrected chi connectivity index (χ4v) is 2.31. The lowest BCUT2D eigenvalue weighted by atomic mass is 9.85. The number of carbonyl (C=O) groups is 1. The van der Waals surface area contributed by atoms with Crippen molar-refractivity contribution in [2.45, 2.75) is 31.7 Å². The zero-order valence-electron chi connectivity index (χ0n) is 9.96. The van der Waals surface area contributed by atoms with E-state index in [4.69, 9.17) is 5.73 Å². The van der Waals surface area contributed by atoms with Crippen molar-refractivity contribution in [3.63, 3.8) is 0 Å². The summed E-state index contributed by atoms with van der Waals surface area (Å²) < 4.78 is 26.8. The van der Waals surface area contributed by atoms with Gasteiger partial charge < -0.3 is 11.1 Å². The number of rotatable bonds is 2. The van der Waals surface area contributed by atoms with E-state index < -0.39 is 11.6 Å². The van der Waals surface area contributed by atoms with Crippen molar-refractivity contribution in [1.82, 2.24) is 0 Å². The molecule has 0 radical (unpaired) electrons. The van der Waals surface area contributed by atoms with E-state index in [1.807, 2.05) is 0 Å². The van der Waals surface area contributed by atoms with Gasteiger partial charge in [0.15, 0.2) is 0 Å². The molecule has 1 fully saturated rings. The Labute approximate surface area is 104 Å². The van der Waals surface area contributed by atoms with Gasteiger partial charge in [0.05, 0.1) is 0 Å². The van der Waals surface area contributed by atoms with Crippen LogP contribution in [0.3, 0.4) is 0 Å². The summed E-state index contributed by atoms with van der Waals surface area (Å²) in [5.74, 6) is -2.13. The quantitative estimate of drug-likeness (QED) is 0.851. The van der Waals surface area contributed by atoms with Crippen LogP contribution in [0, 0.1) is 17.6 Å². The van der Waals surface area contributed by atoms with Gasteiger partial charge >= 0.3 is 0 Å². The summed E-state index contributed by atoms with van der Waals surface area (Å²) in [6, 6.07) is 3.49. The lowest BCUT2D eigenvalue weighted by Gasteiger charge is -2.25. The Balaban J connectivity index is 2.07. The molecule has 3 nitrogen and oxygen atoms in total. The summed E-state index contributed by atoms with van der Waals surface area (Å²) in [7, 11) is 0. The molecule has 1 aromatic carbocycles. The summed E-state index contributed by atoms with van der Waals surface area (Å²) in [5.41, 5.74) is 5.41. The number of nitrogens with two attached hydrogens (primary N) is 1. The average Bonchev–Trinajstić information content (AvgIpc) is 2.34. The second-order valence-corrected chi connectivity index (χ2v) is 4.71. The van der Waals surface area contributed by atoms with Crippen LogP contribution in [0.4, 0.5) is 14.5 Å². The Bertz CT molecular complexity index is 430. The van der Waals surface area contributed by atoms with E-state index in [1.165, 1.54) is 6.07 Å². The minimum atomic E-state index is -0.761. The molecule has 1 saturated carbocycles. The largest absolute Gasteiger partial charge is 0.328 e. The Morgan fingerprint density at radius 2 is 1.94 bits per heavy atom. The van der Waals surface area contributed by atoms with Crippen LogP contribution in [-0.4, -0.2) is 11.9 Å². The second kappa shape index (κ2) is 5.44. The SMILES string of the molecule is NC1CCCC(C(=O)Nc2c(F)cccc2F)C1. The van der Waals surface area contributed by atoms with Crippen LogP contribution in [0.25, 0.3) is 0 Å². The van der Waals surface area contributed by atoms with Crippen LogP contribution in [0.5, 0.6) is 0 Å². The summed E-state index contributed by atoms with van der Waals surface area (Å²) >= 11 is 0. The van der Waals surface area contributed by atoms with Crippen LogP contribution in [-0.2, 0) is 4.79 Å². The molecule has 1 aliphatic carbocycles. The van der Waals surface area contributed by atoms with Gasteiger partial charge in [0.1, 0.15) is 17.3 Å². The molecular formula is C13H16F2N2O. The molecule has 1 aliphatic rings. The first-order valence-corrected chi connectivity index (χ1v) is 6.08. The Kier molecular flexibility index (Phi) is 3.91. The first-order chi connectivity index (χ1) is 8.58. The van der Waals surface area contributed by atoms with Crippen molar-refractivity contribution < 1.29 is 13.6 Å². The van der Waals surface area contributed by atoms with Gasteiger partial charge in [-0.1, -0.05) is 12.5 Å². The molecule has 5 heteroatoms. The first kappa shape index (κ1) is 13.0. The first-order valence-electron chi connectivity index (χ1n) is 6.08. The zero-order chi connectivity index (χ0) is 13.1. The van der Waals surface area contributed by atoms with Gasteiger partial charge in [-0.05, 0) is 31.4 Å². The number of carbonyl (C=O) groups excluding carboxylic acids is 1. The highest BCUT2D eigenvalue weighted by Gasteiger charge is 2.26. The number of hydrogen-bond acceptors (Lipinski definition) is 2. The molecule has 0 saturated heterocycles. The predicted molar refractivity (Wildman–Crippen MR) is 64.9 cm³/mol. The average molecular weight is 254 g/mol. The molecule has 0 bridgehead atoms.